The summed E-state index contributed by atoms with van der Waals surface area (Å²) in [6.45, 7) is 7.79. The molecule has 0 spiro atoms. The minimum atomic E-state index is 0.668. The molecule has 1 aliphatic rings. The number of aromatic nitrogens is 2. The minimum Gasteiger partial charge on any atom is -0.351 e. The first-order valence-electron chi connectivity index (χ1n) is 7.04. The van der Waals surface area contributed by atoms with Crippen LogP contribution in [0.25, 0.3) is 5.57 Å². The van der Waals surface area contributed by atoms with Crippen LogP contribution in [0.2, 0.25) is 0 Å². The van der Waals surface area contributed by atoms with Gasteiger partial charge in [-0.25, -0.2) is 4.98 Å². The van der Waals surface area contributed by atoms with Gasteiger partial charge in [0.1, 0.15) is 11.6 Å². The SMILES string of the molecule is CCN(CC(C)=N)c1cnc(C2=CC(C)CC2)n1C. The lowest BCUT2D eigenvalue weighted by molar-refractivity contribution is 0.702. The standard InChI is InChI=1S/C15H24N4/c1-5-19(10-12(3)16)14-9-17-15(18(14)4)13-7-6-11(2)8-13/h8-9,11,16H,5-7,10H2,1-4H3. The summed E-state index contributed by atoms with van der Waals surface area (Å²) >= 11 is 0. The van der Waals surface area contributed by atoms with Crippen molar-refractivity contribution >= 4 is 17.1 Å². The van der Waals surface area contributed by atoms with Gasteiger partial charge in [-0.2, -0.15) is 0 Å². The lowest BCUT2D eigenvalue weighted by Gasteiger charge is -2.22. The van der Waals surface area contributed by atoms with Crippen molar-refractivity contribution in [3.05, 3.63) is 18.1 Å². The molecule has 19 heavy (non-hydrogen) atoms. The van der Waals surface area contributed by atoms with Gasteiger partial charge in [0, 0.05) is 19.3 Å². The van der Waals surface area contributed by atoms with Gasteiger partial charge in [0.15, 0.2) is 0 Å². The molecule has 0 radical (unpaired) electrons. The van der Waals surface area contributed by atoms with E-state index < -0.39 is 0 Å². The van der Waals surface area contributed by atoms with Crippen molar-refractivity contribution in [1.29, 1.82) is 5.41 Å². The maximum absolute atomic E-state index is 7.67. The second-order valence-corrected chi connectivity index (χ2v) is 5.50. The lowest BCUT2D eigenvalue weighted by Crippen LogP contribution is -2.29. The third kappa shape index (κ3) is 2.88. The van der Waals surface area contributed by atoms with Gasteiger partial charge in [0.2, 0.25) is 0 Å². The van der Waals surface area contributed by atoms with Gasteiger partial charge in [0.25, 0.3) is 0 Å². The van der Waals surface area contributed by atoms with Crippen LogP contribution in [0.15, 0.2) is 12.3 Å². The number of imidazole rings is 1. The van der Waals surface area contributed by atoms with E-state index in [0.29, 0.717) is 18.2 Å². The summed E-state index contributed by atoms with van der Waals surface area (Å²) in [7, 11) is 2.07. The van der Waals surface area contributed by atoms with Gasteiger partial charge in [-0.05, 0) is 38.2 Å². The van der Waals surface area contributed by atoms with E-state index >= 15 is 0 Å². The molecule has 0 fully saturated rings. The van der Waals surface area contributed by atoms with Crippen LogP contribution >= 0.6 is 0 Å². The Morgan fingerprint density at radius 1 is 1.58 bits per heavy atom. The van der Waals surface area contributed by atoms with Crippen molar-refractivity contribution < 1.29 is 0 Å². The molecule has 0 saturated carbocycles. The van der Waals surface area contributed by atoms with E-state index in [1.807, 2.05) is 13.1 Å². The predicted octanol–water partition coefficient (Wildman–Crippen LogP) is 3.10. The molecule has 1 atom stereocenters. The lowest BCUT2D eigenvalue weighted by atomic mass is 10.2. The normalized spacial score (nSPS) is 18.5. The van der Waals surface area contributed by atoms with Gasteiger partial charge < -0.3 is 14.9 Å². The Hall–Kier alpha value is -1.58. The molecule has 1 aromatic heterocycles. The number of rotatable bonds is 5. The topological polar surface area (TPSA) is 44.9 Å². The Balaban J connectivity index is 2.27. The van der Waals surface area contributed by atoms with Crippen LogP contribution in [0.5, 0.6) is 0 Å². The summed E-state index contributed by atoms with van der Waals surface area (Å²) in [6.07, 6.45) is 6.63. The number of nitrogens with one attached hydrogen (secondary N) is 1. The Morgan fingerprint density at radius 2 is 2.32 bits per heavy atom. The first kappa shape index (κ1) is 13.8. The Bertz CT molecular complexity index is 498. The molecule has 1 N–H and O–H groups in total. The smallest absolute Gasteiger partial charge is 0.136 e. The Labute approximate surface area is 115 Å². The third-order valence-corrected chi connectivity index (χ3v) is 3.74. The fourth-order valence-corrected chi connectivity index (χ4v) is 2.71. The molecule has 1 unspecified atom stereocenters. The Kier molecular flexibility index (Phi) is 4.08. The minimum absolute atomic E-state index is 0.668. The number of allylic oxidation sites excluding steroid dienone is 2. The third-order valence-electron chi connectivity index (χ3n) is 3.74. The van der Waals surface area contributed by atoms with Crippen molar-refractivity contribution in [2.24, 2.45) is 13.0 Å². The van der Waals surface area contributed by atoms with Crippen molar-refractivity contribution in [2.75, 3.05) is 18.0 Å². The van der Waals surface area contributed by atoms with E-state index in [4.69, 9.17) is 5.41 Å². The molecule has 4 nitrogen and oxygen atoms in total. The zero-order chi connectivity index (χ0) is 14.0. The fraction of sp³-hybridized carbons (Fsp3) is 0.600. The summed E-state index contributed by atoms with van der Waals surface area (Å²) in [6, 6.07) is 0. The summed E-state index contributed by atoms with van der Waals surface area (Å²) in [5.74, 6) is 2.85. The quantitative estimate of drug-likeness (QED) is 0.827. The molecule has 0 aliphatic heterocycles. The molecule has 1 aromatic rings. The first-order chi connectivity index (χ1) is 9.02. The van der Waals surface area contributed by atoms with E-state index in [-0.39, 0.29) is 0 Å². The summed E-state index contributed by atoms with van der Waals surface area (Å²) < 4.78 is 2.16. The van der Waals surface area contributed by atoms with Crippen molar-refractivity contribution in [2.45, 2.75) is 33.6 Å². The van der Waals surface area contributed by atoms with Crippen LogP contribution in [0.4, 0.5) is 5.82 Å². The van der Waals surface area contributed by atoms with Gasteiger partial charge in [0.05, 0.1) is 12.7 Å². The molecular weight excluding hydrogens is 236 g/mol. The molecule has 1 aliphatic carbocycles. The molecule has 0 saturated heterocycles. The van der Waals surface area contributed by atoms with Crippen LogP contribution in [0.3, 0.4) is 0 Å². The highest BCUT2D eigenvalue weighted by molar-refractivity contribution is 5.83. The zero-order valence-corrected chi connectivity index (χ0v) is 12.4. The highest BCUT2D eigenvalue weighted by Gasteiger charge is 2.19. The summed E-state index contributed by atoms with van der Waals surface area (Å²) in [5, 5.41) is 7.67. The van der Waals surface area contributed by atoms with Gasteiger partial charge in [-0.1, -0.05) is 13.0 Å². The Morgan fingerprint density at radius 3 is 2.84 bits per heavy atom. The van der Waals surface area contributed by atoms with E-state index in [0.717, 1.165) is 24.6 Å². The summed E-state index contributed by atoms with van der Waals surface area (Å²) in [5.41, 5.74) is 2.04. The number of nitrogens with zero attached hydrogens (tertiary/aromatic N) is 3. The molecule has 2 rings (SSSR count). The monoisotopic (exact) mass is 260 g/mol. The second-order valence-electron chi connectivity index (χ2n) is 5.50. The zero-order valence-electron chi connectivity index (χ0n) is 12.4. The number of anilines is 1. The largest absolute Gasteiger partial charge is 0.351 e. The van der Waals surface area contributed by atoms with Crippen molar-refractivity contribution in [1.82, 2.24) is 9.55 Å². The average molecular weight is 260 g/mol. The van der Waals surface area contributed by atoms with Crippen LogP contribution in [-0.4, -0.2) is 28.4 Å². The van der Waals surface area contributed by atoms with E-state index in [9.17, 15) is 0 Å². The van der Waals surface area contributed by atoms with Crippen molar-refractivity contribution in [3.63, 3.8) is 0 Å². The van der Waals surface area contributed by atoms with E-state index in [1.165, 1.54) is 12.0 Å². The molecular formula is C15H24N4. The van der Waals surface area contributed by atoms with Gasteiger partial charge in [-0.15, -0.1) is 0 Å². The van der Waals surface area contributed by atoms with Crippen LogP contribution in [-0.2, 0) is 7.05 Å². The average Bonchev–Trinajstić information content (AvgIpc) is 2.92. The maximum atomic E-state index is 7.67. The maximum Gasteiger partial charge on any atom is 0.136 e. The van der Waals surface area contributed by atoms with Gasteiger partial charge in [-0.3, -0.25) is 0 Å². The molecule has 0 amide bonds. The van der Waals surface area contributed by atoms with Crippen LogP contribution < -0.4 is 4.90 Å². The first-order valence-corrected chi connectivity index (χ1v) is 7.04. The molecule has 0 bridgehead atoms. The highest BCUT2D eigenvalue weighted by atomic mass is 15.3. The molecule has 4 heteroatoms. The number of hydrogen-bond acceptors (Lipinski definition) is 3. The van der Waals surface area contributed by atoms with Crippen LogP contribution in [0.1, 0.15) is 39.4 Å². The van der Waals surface area contributed by atoms with Crippen molar-refractivity contribution in [3.8, 4) is 0 Å². The highest BCUT2D eigenvalue weighted by Crippen LogP contribution is 2.31. The fourth-order valence-electron chi connectivity index (χ4n) is 2.71. The number of hydrogen-bond donors (Lipinski definition) is 1. The molecule has 0 aromatic carbocycles. The van der Waals surface area contributed by atoms with Gasteiger partial charge >= 0.3 is 0 Å². The molecule has 104 valence electrons. The van der Waals surface area contributed by atoms with Crippen LogP contribution in [0, 0.1) is 11.3 Å². The van der Waals surface area contributed by atoms with E-state index in [1.54, 1.807) is 0 Å². The molecule has 1 heterocycles. The summed E-state index contributed by atoms with van der Waals surface area (Å²) in [4.78, 5) is 6.78. The predicted molar refractivity (Wildman–Crippen MR) is 80.9 cm³/mol. The van der Waals surface area contributed by atoms with E-state index in [2.05, 4.69) is 41.4 Å². The second kappa shape index (κ2) is 5.59.